The molecule has 0 unspecified atom stereocenters. The van der Waals surface area contributed by atoms with Crippen LogP contribution < -0.4 is 5.56 Å². The van der Waals surface area contributed by atoms with Crippen molar-refractivity contribution in [3.05, 3.63) is 62.5 Å². The molecule has 0 saturated carbocycles. The van der Waals surface area contributed by atoms with E-state index in [2.05, 4.69) is 20.9 Å². The zero-order valence-electron chi connectivity index (χ0n) is 11.9. The molecule has 0 saturated heterocycles. The molecule has 3 heterocycles. The van der Waals surface area contributed by atoms with E-state index in [1.807, 2.05) is 24.3 Å². The van der Waals surface area contributed by atoms with E-state index in [-0.39, 0.29) is 5.56 Å². The molecule has 5 nitrogen and oxygen atoms in total. The fraction of sp³-hybridized carbons (Fsp3) is 0.250. The summed E-state index contributed by atoms with van der Waals surface area (Å²) in [6.07, 6.45) is 0.795. The molecular formula is C16H15N3O2S. The van der Waals surface area contributed by atoms with E-state index >= 15 is 0 Å². The predicted molar refractivity (Wildman–Crippen MR) is 86.3 cm³/mol. The number of furan rings is 1. The first-order valence-electron chi connectivity index (χ1n) is 7.23. The van der Waals surface area contributed by atoms with Crippen molar-refractivity contribution in [1.29, 1.82) is 0 Å². The molecule has 0 aliphatic carbocycles. The van der Waals surface area contributed by atoms with Crippen molar-refractivity contribution in [1.82, 2.24) is 14.9 Å². The Bertz CT molecular complexity index is 921. The molecule has 6 heteroatoms. The Morgan fingerprint density at radius 2 is 2.14 bits per heavy atom. The van der Waals surface area contributed by atoms with Gasteiger partial charge in [-0.3, -0.25) is 14.7 Å². The van der Waals surface area contributed by atoms with Crippen molar-refractivity contribution in [3.63, 3.8) is 0 Å². The van der Waals surface area contributed by atoms with Crippen molar-refractivity contribution in [2.24, 2.45) is 0 Å². The second-order valence-corrected chi connectivity index (χ2v) is 5.98. The van der Waals surface area contributed by atoms with Crippen LogP contribution in [-0.2, 0) is 19.5 Å². The molecule has 0 fully saturated rings. The average Bonchev–Trinajstić information content (AvgIpc) is 2.90. The van der Waals surface area contributed by atoms with Gasteiger partial charge in [0.15, 0.2) is 4.77 Å². The highest BCUT2D eigenvalue weighted by Gasteiger charge is 2.20. The Hall–Kier alpha value is -2.18. The number of H-pyrrole nitrogens is 2. The van der Waals surface area contributed by atoms with Crippen LogP contribution in [0.5, 0.6) is 0 Å². The summed E-state index contributed by atoms with van der Waals surface area (Å²) < 4.78 is 6.25. The standard InChI is InChI=1S/C16H15N3O2S/c20-15-12-9-19(6-5-13(12)17-16(22)18-15)8-11-7-10-3-1-2-4-14(10)21-11/h1-4,7H,5-6,8-9H2,(H2,17,18,20,22). The second kappa shape index (κ2) is 5.23. The lowest BCUT2D eigenvalue weighted by Crippen LogP contribution is -2.35. The highest BCUT2D eigenvalue weighted by Crippen LogP contribution is 2.22. The van der Waals surface area contributed by atoms with Gasteiger partial charge in [0.25, 0.3) is 5.56 Å². The summed E-state index contributed by atoms with van der Waals surface area (Å²) in [5.74, 6) is 0.921. The molecule has 2 N–H and O–H groups in total. The molecule has 0 amide bonds. The van der Waals surface area contributed by atoms with Gasteiger partial charge in [-0.05, 0) is 24.4 Å². The normalized spacial score (nSPS) is 15.1. The average molecular weight is 313 g/mol. The van der Waals surface area contributed by atoms with E-state index < -0.39 is 0 Å². The molecule has 22 heavy (non-hydrogen) atoms. The van der Waals surface area contributed by atoms with Crippen LogP contribution in [0.2, 0.25) is 0 Å². The number of hydrogen-bond donors (Lipinski definition) is 2. The van der Waals surface area contributed by atoms with Gasteiger partial charge >= 0.3 is 0 Å². The topological polar surface area (TPSA) is 65.0 Å². The van der Waals surface area contributed by atoms with Crippen LogP contribution in [0.4, 0.5) is 0 Å². The fourth-order valence-electron chi connectivity index (χ4n) is 2.98. The minimum Gasteiger partial charge on any atom is -0.460 e. The Kier molecular flexibility index (Phi) is 3.20. The summed E-state index contributed by atoms with van der Waals surface area (Å²) in [5.41, 5.74) is 2.54. The summed E-state index contributed by atoms with van der Waals surface area (Å²) in [5, 5.41) is 1.11. The van der Waals surface area contributed by atoms with Crippen LogP contribution in [0.1, 0.15) is 17.0 Å². The van der Waals surface area contributed by atoms with Gasteiger partial charge in [0.05, 0.1) is 12.1 Å². The fourth-order valence-corrected chi connectivity index (χ4v) is 3.20. The largest absolute Gasteiger partial charge is 0.460 e. The number of rotatable bonds is 2. The van der Waals surface area contributed by atoms with Gasteiger partial charge in [-0.1, -0.05) is 18.2 Å². The molecule has 1 aliphatic heterocycles. The first kappa shape index (κ1) is 13.5. The van der Waals surface area contributed by atoms with E-state index in [0.29, 0.717) is 17.9 Å². The van der Waals surface area contributed by atoms with Gasteiger partial charge < -0.3 is 9.40 Å². The van der Waals surface area contributed by atoms with Gasteiger partial charge in [-0.2, -0.15) is 0 Å². The molecule has 112 valence electrons. The van der Waals surface area contributed by atoms with E-state index in [9.17, 15) is 4.79 Å². The summed E-state index contributed by atoms with van der Waals surface area (Å²) in [7, 11) is 0. The number of fused-ring (bicyclic) bond motifs is 2. The monoisotopic (exact) mass is 313 g/mol. The Morgan fingerprint density at radius 1 is 1.27 bits per heavy atom. The molecule has 1 aromatic carbocycles. The maximum atomic E-state index is 12.0. The minimum atomic E-state index is -0.0898. The van der Waals surface area contributed by atoms with Gasteiger partial charge in [-0.15, -0.1) is 0 Å². The number of para-hydroxylation sites is 1. The third-order valence-corrected chi connectivity index (χ3v) is 4.25. The van der Waals surface area contributed by atoms with Gasteiger partial charge in [0.2, 0.25) is 0 Å². The van der Waals surface area contributed by atoms with Gasteiger partial charge in [0, 0.05) is 30.6 Å². The summed E-state index contributed by atoms with van der Waals surface area (Å²) in [6.45, 7) is 2.18. The molecule has 0 bridgehead atoms. The maximum absolute atomic E-state index is 12.0. The highest BCUT2D eigenvalue weighted by molar-refractivity contribution is 7.71. The quantitative estimate of drug-likeness (QED) is 0.714. The SMILES string of the molecule is O=c1[nH]c(=S)[nH]c2c1CN(Cc1cc3ccccc3o1)CC2. The molecule has 1 aliphatic rings. The van der Waals surface area contributed by atoms with Gasteiger partial charge in [-0.25, -0.2) is 0 Å². The lowest BCUT2D eigenvalue weighted by molar-refractivity contribution is 0.224. The first-order chi connectivity index (χ1) is 10.7. The lowest BCUT2D eigenvalue weighted by Gasteiger charge is -2.26. The predicted octanol–water partition coefficient (Wildman–Crippen LogP) is 2.74. The molecule has 4 rings (SSSR count). The zero-order valence-corrected chi connectivity index (χ0v) is 12.7. The second-order valence-electron chi connectivity index (χ2n) is 5.58. The number of aromatic amines is 2. The van der Waals surface area contributed by atoms with E-state index in [1.54, 1.807) is 0 Å². The molecule has 2 aromatic heterocycles. The zero-order chi connectivity index (χ0) is 15.1. The number of benzene rings is 1. The Morgan fingerprint density at radius 3 is 3.00 bits per heavy atom. The summed E-state index contributed by atoms with van der Waals surface area (Å²) in [4.78, 5) is 20.0. The third kappa shape index (κ3) is 2.40. The lowest BCUT2D eigenvalue weighted by atomic mass is 10.1. The van der Waals surface area contributed by atoms with Crippen LogP contribution in [-0.4, -0.2) is 21.4 Å². The molecule has 0 spiro atoms. The minimum absolute atomic E-state index is 0.0898. The van der Waals surface area contributed by atoms with E-state index in [4.69, 9.17) is 16.6 Å². The van der Waals surface area contributed by atoms with Crippen LogP contribution in [0.3, 0.4) is 0 Å². The van der Waals surface area contributed by atoms with Crippen LogP contribution in [0.25, 0.3) is 11.0 Å². The molecule has 0 radical (unpaired) electrons. The van der Waals surface area contributed by atoms with Crippen molar-refractivity contribution in [2.75, 3.05) is 6.54 Å². The number of nitrogens with zero attached hydrogens (tertiary/aromatic N) is 1. The van der Waals surface area contributed by atoms with Crippen LogP contribution in [0.15, 0.2) is 39.5 Å². The van der Waals surface area contributed by atoms with E-state index in [1.165, 1.54) is 0 Å². The Labute approximate surface area is 131 Å². The molecule has 0 atom stereocenters. The maximum Gasteiger partial charge on any atom is 0.256 e. The summed E-state index contributed by atoms with van der Waals surface area (Å²) >= 11 is 5.02. The number of aromatic nitrogens is 2. The number of nitrogens with one attached hydrogen (secondary N) is 2. The first-order valence-corrected chi connectivity index (χ1v) is 7.64. The molecule has 3 aromatic rings. The van der Waals surface area contributed by atoms with Crippen molar-refractivity contribution >= 4 is 23.2 Å². The van der Waals surface area contributed by atoms with Crippen LogP contribution in [0, 0.1) is 4.77 Å². The van der Waals surface area contributed by atoms with Crippen molar-refractivity contribution < 1.29 is 4.42 Å². The molecular weight excluding hydrogens is 298 g/mol. The third-order valence-electron chi connectivity index (χ3n) is 4.05. The van der Waals surface area contributed by atoms with Crippen molar-refractivity contribution in [2.45, 2.75) is 19.5 Å². The number of hydrogen-bond acceptors (Lipinski definition) is 4. The van der Waals surface area contributed by atoms with Crippen molar-refractivity contribution in [3.8, 4) is 0 Å². The Balaban J connectivity index is 1.60. The summed E-state index contributed by atoms with van der Waals surface area (Å²) in [6, 6.07) is 10.0. The smallest absolute Gasteiger partial charge is 0.256 e. The van der Waals surface area contributed by atoms with Gasteiger partial charge in [0.1, 0.15) is 11.3 Å². The highest BCUT2D eigenvalue weighted by atomic mass is 32.1. The van der Waals surface area contributed by atoms with Crippen LogP contribution >= 0.6 is 12.2 Å². The van der Waals surface area contributed by atoms with E-state index in [0.717, 1.165) is 41.0 Å².